The summed E-state index contributed by atoms with van der Waals surface area (Å²) in [5, 5.41) is 2.78. The molecule has 0 radical (unpaired) electrons. The predicted octanol–water partition coefficient (Wildman–Crippen LogP) is 6.97. The molecule has 0 heterocycles. The van der Waals surface area contributed by atoms with E-state index >= 15 is 0 Å². The van der Waals surface area contributed by atoms with E-state index in [1.165, 1.54) is 0 Å². The number of nitrogens with one attached hydrogen (secondary N) is 1. The largest absolute Gasteiger partial charge is 0.324 e. The van der Waals surface area contributed by atoms with Crippen molar-refractivity contribution in [1.29, 1.82) is 0 Å². The topological polar surface area (TPSA) is 83.6 Å². The molecule has 4 rings (SSSR count). The molecule has 0 spiro atoms. The zero-order valence-electron chi connectivity index (χ0n) is 24.4. The quantitative estimate of drug-likeness (QED) is 0.233. The van der Waals surface area contributed by atoms with Gasteiger partial charge in [0, 0.05) is 16.8 Å². The summed E-state index contributed by atoms with van der Waals surface area (Å²) in [7, 11) is -4.04. The SMILES string of the molecule is Cc1ccc(S(=O)(=O)N(CC(=O)Nc2cccc(C(=O)c3ccc(C(C)(C)C)cc3)c2)c2ccc(C)c(C)c2)cc1. The van der Waals surface area contributed by atoms with Crippen molar-refractivity contribution in [2.45, 2.75) is 51.9 Å². The number of carbonyl (C=O) groups excluding carboxylic acids is 2. The van der Waals surface area contributed by atoms with Crippen LogP contribution in [-0.2, 0) is 20.2 Å². The Morgan fingerprint density at radius 3 is 2.02 bits per heavy atom. The van der Waals surface area contributed by atoms with Crippen LogP contribution in [-0.4, -0.2) is 26.7 Å². The summed E-state index contributed by atoms with van der Waals surface area (Å²) in [5.74, 6) is -0.696. The lowest BCUT2D eigenvalue weighted by Gasteiger charge is -2.25. The summed E-state index contributed by atoms with van der Waals surface area (Å²) in [4.78, 5) is 26.5. The summed E-state index contributed by atoms with van der Waals surface area (Å²) >= 11 is 0. The van der Waals surface area contributed by atoms with Crippen LogP contribution in [0.25, 0.3) is 0 Å². The fraction of sp³-hybridized carbons (Fsp3) is 0.235. The van der Waals surface area contributed by atoms with Gasteiger partial charge in [-0.3, -0.25) is 13.9 Å². The van der Waals surface area contributed by atoms with Crippen LogP contribution in [0.4, 0.5) is 11.4 Å². The van der Waals surface area contributed by atoms with Gasteiger partial charge in [0.25, 0.3) is 10.0 Å². The van der Waals surface area contributed by atoms with Crippen molar-refractivity contribution in [1.82, 2.24) is 0 Å². The Bertz CT molecular complexity index is 1680. The Labute approximate surface area is 243 Å². The smallest absolute Gasteiger partial charge is 0.264 e. The van der Waals surface area contributed by atoms with Crippen molar-refractivity contribution in [2.75, 3.05) is 16.2 Å². The summed E-state index contributed by atoms with van der Waals surface area (Å²) in [6.07, 6.45) is 0. The number of sulfonamides is 1. The van der Waals surface area contributed by atoms with E-state index in [0.717, 1.165) is 26.6 Å². The van der Waals surface area contributed by atoms with E-state index in [1.54, 1.807) is 60.7 Å². The normalized spacial score (nSPS) is 11.7. The van der Waals surface area contributed by atoms with E-state index in [0.29, 0.717) is 22.5 Å². The van der Waals surface area contributed by atoms with E-state index < -0.39 is 22.5 Å². The number of aryl methyl sites for hydroxylation is 3. The van der Waals surface area contributed by atoms with Gasteiger partial charge >= 0.3 is 0 Å². The number of anilines is 2. The highest BCUT2D eigenvalue weighted by Gasteiger charge is 2.27. The third-order valence-electron chi connectivity index (χ3n) is 7.10. The maximum absolute atomic E-state index is 13.7. The molecule has 0 saturated carbocycles. The third kappa shape index (κ3) is 6.92. The highest BCUT2D eigenvalue weighted by atomic mass is 32.2. The van der Waals surface area contributed by atoms with Gasteiger partial charge in [-0.25, -0.2) is 8.42 Å². The molecule has 212 valence electrons. The molecule has 0 aliphatic rings. The van der Waals surface area contributed by atoms with E-state index in [-0.39, 0.29) is 16.1 Å². The maximum atomic E-state index is 13.7. The minimum absolute atomic E-state index is 0.0239. The van der Waals surface area contributed by atoms with Crippen molar-refractivity contribution < 1.29 is 18.0 Å². The molecule has 0 bridgehead atoms. The van der Waals surface area contributed by atoms with Gasteiger partial charge in [0.2, 0.25) is 5.91 Å². The monoisotopic (exact) mass is 568 g/mol. The Morgan fingerprint density at radius 2 is 1.41 bits per heavy atom. The lowest BCUT2D eigenvalue weighted by Crippen LogP contribution is -2.38. The Kier molecular flexibility index (Phi) is 8.50. The maximum Gasteiger partial charge on any atom is 0.264 e. The third-order valence-corrected chi connectivity index (χ3v) is 8.88. The van der Waals surface area contributed by atoms with Crippen LogP contribution < -0.4 is 9.62 Å². The predicted molar refractivity (Wildman–Crippen MR) is 165 cm³/mol. The lowest BCUT2D eigenvalue weighted by atomic mass is 9.86. The molecule has 0 fully saturated rings. The molecule has 6 nitrogen and oxygen atoms in total. The van der Waals surface area contributed by atoms with Crippen LogP contribution in [0, 0.1) is 20.8 Å². The molecule has 0 aliphatic carbocycles. The number of carbonyl (C=O) groups is 2. The first-order valence-electron chi connectivity index (χ1n) is 13.5. The second-order valence-electron chi connectivity index (χ2n) is 11.4. The highest BCUT2D eigenvalue weighted by Crippen LogP contribution is 2.27. The molecule has 0 atom stereocenters. The van der Waals surface area contributed by atoms with Crippen molar-refractivity contribution >= 4 is 33.1 Å². The van der Waals surface area contributed by atoms with Gasteiger partial charge in [-0.2, -0.15) is 0 Å². The van der Waals surface area contributed by atoms with Crippen molar-refractivity contribution in [2.24, 2.45) is 0 Å². The molecule has 0 saturated heterocycles. The van der Waals surface area contributed by atoms with Gasteiger partial charge in [0.15, 0.2) is 5.78 Å². The average molecular weight is 569 g/mol. The molecule has 41 heavy (non-hydrogen) atoms. The number of hydrogen-bond acceptors (Lipinski definition) is 4. The zero-order valence-corrected chi connectivity index (χ0v) is 25.2. The van der Waals surface area contributed by atoms with Crippen LogP contribution in [0.2, 0.25) is 0 Å². The standard InChI is InChI=1S/C34H36N2O4S/c1-23-10-18-31(19-11-23)41(39,40)36(30-17-12-24(2)25(3)20-30)22-32(37)35-29-9-7-8-27(21-29)33(38)26-13-15-28(16-14-26)34(4,5)6/h7-21H,22H2,1-6H3,(H,35,37). The molecule has 0 aromatic heterocycles. The number of amides is 1. The highest BCUT2D eigenvalue weighted by molar-refractivity contribution is 7.92. The molecule has 1 amide bonds. The van der Waals surface area contributed by atoms with Crippen LogP contribution in [0.1, 0.15) is 58.9 Å². The van der Waals surface area contributed by atoms with Gasteiger partial charge in [-0.05, 0) is 79.3 Å². The summed E-state index contributed by atoms with van der Waals surface area (Å²) in [6, 6.07) is 26.0. The fourth-order valence-corrected chi connectivity index (χ4v) is 5.80. The molecule has 0 aliphatic heterocycles. The van der Waals surface area contributed by atoms with E-state index in [4.69, 9.17) is 0 Å². The van der Waals surface area contributed by atoms with E-state index in [9.17, 15) is 18.0 Å². The summed E-state index contributed by atoms with van der Waals surface area (Å²) in [6.45, 7) is 11.6. The molecule has 4 aromatic rings. The molecule has 1 N–H and O–H groups in total. The summed E-state index contributed by atoms with van der Waals surface area (Å²) < 4.78 is 28.5. The zero-order chi connectivity index (χ0) is 29.9. The molecule has 7 heteroatoms. The number of hydrogen-bond donors (Lipinski definition) is 1. The molecule has 0 unspecified atom stereocenters. The Balaban J connectivity index is 1.58. The molecular formula is C34H36N2O4S. The minimum atomic E-state index is -4.04. The van der Waals surface area contributed by atoms with Gasteiger partial charge in [-0.15, -0.1) is 0 Å². The number of ketones is 1. The number of rotatable bonds is 8. The second kappa shape index (κ2) is 11.7. The van der Waals surface area contributed by atoms with Crippen LogP contribution in [0.15, 0.2) is 95.9 Å². The number of nitrogens with zero attached hydrogens (tertiary/aromatic N) is 1. The van der Waals surface area contributed by atoms with Crippen LogP contribution >= 0.6 is 0 Å². The number of benzene rings is 4. The van der Waals surface area contributed by atoms with Crippen LogP contribution in [0.5, 0.6) is 0 Å². The first kappa shape index (κ1) is 29.7. The fourth-order valence-electron chi connectivity index (χ4n) is 4.39. The van der Waals surface area contributed by atoms with E-state index in [1.807, 2.05) is 51.1 Å². The van der Waals surface area contributed by atoms with Gasteiger partial charge in [0.05, 0.1) is 10.6 Å². The lowest BCUT2D eigenvalue weighted by molar-refractivity contribution is -0.114. The Hall–Kier alpha value is -4.23. The van der Waals surface area contributed by atoms with Crippen LogP contribution in [0.3, 0.4) is 0 Å². The first-order valence-corrected chi connectivity index (χ1v) is 14.9. The van der Waals surface area contributed by atoms with Crippen molar-refractivity contribution in [3.63, 3.8) is 0 Å². The Morgan fingerprint density at radius 1 is 0.756 bits per heavy atom. The van der Waals surface area contributed by atoms with Gasteiger partial charge in [0.1, 0.15) is 6.54 Å². The first-order chi connectivity index (χ1) is 19.3. The minimum Gasteiger partial charge on any atom is -0.324 e. The van der Waals surface area contributed by atoms with Gasteiger partial charge < -0.3 is 5.32 Å². The second-order valence-corrected chi connectivity index (χ2v) is 13.2. The van der Waals surface area contributed by atoms with Gasteiger partial charge in [-0.1, -0.05) is 80.9 Å². The van der Waals surface area contributed by atoms with E-state index in [2.05, 4.69) is 26.1 Å². The van der Waals surface area contributed by atoms with Crippen molar-refractivity contribution in [3.8, 4) is 0 Å². The summed E-state index contributed by atoms with van der Waals surface area (Å²) in [5.41, 5.74) is 5.73. The average Bonchev–Trinajstić information content (AvgIpc) is 2.93. The molecule has 4 aromatic carbocycles. The van der Waals surface area contributed by atoms with Crippen molar-refractivity contribution in [3.05, 3.63) is 124 Å². The molecular weight excluding hydrogens is 532 g/mol.